The van der Waals surface area contributed by atoms with Crippen molar-refractivity contribution in [2.45, 2.75) is 37.1 Å². The molecule has 0 atom stereocenters. The van der Waals surface area contributed by atoms with E-state index in [2.05, 4.69) is 0 Å². The topological polar surface area (TPSA) is 87.2 Å². The van der Waals surface area contributed by atoms with E-state index in [1.165, 1.54) is 17.3 Å². The molecule has 20 heavy (non-hydrogen) atoms. The summed E-state index contributed by atoms with van der Waals surface area (Å²) in [6.07, 6.45) is 1.57. The van der Waals surface area contributed by atoms with Crippen molar-refractivity contribution in [2.75, 3.05) is 12.3 Å². The number of sulfonamides is 1. The average Bonchev–Trinajstić information content (AvgIpc) is 3.18. The fourth-order valence-electron chi connectivity index (χ4n) is 2.10. The van der Waals surface area contributed by atoms with E-state index in [-0.39, 0.29) is 30.3 Å². The van der Waals surface area contributed by atoms with Crippen molar-refractivity contribution in [3.8, 4) is 6.07 Å². The number of hydrogen-bond acceptors (Lipinski definition) is 4. The molecular weight excluding hydrogens is 281 g/mol. The summed E-state index contributed by atoms with van der Waals surface area (Å²) in [4.78, 5) is -0.403. The number of rotatable bonds is 5. The van der Waals surface area contributed by atoms with Gasteiger partial charge in [0.25, 0.3) is 0 Å². The predicted molar refractivity (Wildman–Crippen MR) is 72.7 cm³/mol. The van der Waals surface area contributed by atoms with E-state index in [1.54, 1.807) is 0 Å². The van der Waals surface area contributed by atoms with Crippen molar-refractivity contribution in [2.24, 2.45) is 0 Å². The third-order valence-corrected chi connectivity index (χ3v) is 5.18. The Balaban J connectivity index is 2.45. The maximum absolute atomic E-state index is 14.1. The SMILES string of the molecule is Cc1cc(N)cc(S(=O)(=O)N(CCC#N)C2CC2)c1F. The van der Waals surface area contributed by atoms with Gasteiger partial charge in [0.1, 0.15) is 10.7 Å². The molecule has 1 aromatic carbocycles. The number of halogens is 1. The van der Waals surface area contributed by atoms with E-state index in [9.17, 15) is 12.8 Å². The molecule has 0 heterocycles. The molecule has 1 saturated carbocycles. The van der Waals surface area contributed by atoms with Crippen molar-refractivity contribution in [1.82, 2.24) is 4.31 Å². The minimum absolute atomic E-state index is 0.0801. The molecule has 0 aliphatic heterocycles. The summed E-state index contributed by atoms with van der Waals surface area (Å²) in [7, 11) is -3.96. The van der Waals surface area contributed by atoms with Gasteiger partial charge in [-0.1, -0.05) is 0 Å². The lowest BCUT2D eigenvalue weighted by Gasteiger charge is -2.21. The van der Waals surface area contributed by atoms with Crippen LogP contribution in [0, 0.1) is 24.1 Å². The molecular formula is C13H16FN3O2S. The van der Waals surface area contributed by atoms with E-state index in [0.29, 0.717) is 0 Å². The molecule has 2 rings (SSSR count). The zero-order chi connectivity index (χ0) is 14.9. The van der Waals surface area contributed by atoms with E-state index >= 15 is 0 Å². The van der Waals surface area contributed by atoms with Crippen molar-refractivity contribution in [1.29, 1.82) is 5.26 Å². The molecule has 0 bridgehead atoms. The smallest absolute Gasteiger partial charge is 0.246 e. The number of nitriles is 1. The minimum atomic E-state index is -3.96. The van der Waals surface area contributed by atoms with Crippen molar-refractivity contribution < 1.29 is 12.8 Å². The highest BCUT2D eigenvalue weighted by molar-refractivity contribution is 7.89. The van der Waals surface area contributed by atoms with Crippen LogP contribution in [0.4, 0.5) is 10.1 Å². The Hall–Kier alpha value is -1.65. The standard InChI is InChI=1S/C13H16FN3O2S/c1-9-7-10(16)8-12(13(9)14)20(18,19)17(6-2-5-15)11-3-4-11/h7-8,11H,2-4,6,16H2,1H3. The van der Waals surface area contributed by atoms with Gasteiger partial charge in [-0.15, -0.1) is 0 Å². The zero-order valence-electron chi connectivity index (χ0n) is 11.1. The number of hydrogen-bond donors (Lipinski definition) is 1. The summed E-state index contributed by atoms with van der Waals surface area (Å²) < 4.78 is 40.5. The quantitative estimate of drug-likeness (QED) is 0.839. The average molecular weight is 297 g/mol. The zero-order valence-corrected chi connectivity index (χ0v) is 12.0. The molecule has 0 spiro atoms. The van der Waals surface area contributed by atoms with Gasteiger partial charge in [0.05, 0.1) is 6.07 Å². The van der Waals surface area contributed by atoms with Gasteiger partial charge in [-0.05, 0) is 37.5 Å². The van der Waals surface area contributed by atoms with Crippen LogP contribution in [0.2, 0.25) is 0 Å². The van der Waals surface area contributed by atoms with Crippen molar-refractivity contribution in [3.05, 3.63) is 23.5 Å². The molecule has 1 aliphatic carbocycles. The van der Waals surface area contributed by atoms with Gasteiger partial charge in [-0.2, -0.15) is 9.57 Å². The first-order chi connectivity index (χ1) is 9.37. The van der Waals surface area contributed by atoms with Crippen LogP contribution in [0.3, 0.4) is 0 Å². The summed E-state index contributed by atoms with van der Waals surface area (Å²) in [6, 6.07) is 4.32. The Bertz CT molecular complexity index is 663. The highest BCUT2D eigenvalue weighted by Crippen LogP contribution is 2.34. The largest absolute Gasteiger partial charge is 0.399 e. The number of benzene rings is 1. The Morgan fingerprint density at radius 1 is 1.50 bits per heavy atom. The summed E-state index contributed by atoms with van der Waals surface area (Å²) in [6.45, 7) is 1.55. The lowest BCUT2D eigenvalue weighted by Crippen LogP contribution is -2.34. The van der Waals surface area contributed by atoms with Crippen LogP contribution in [-0.2, 0) is 10.0 Å². The third kappa shape index (κ3) is 2.76. The van der Waals surface area contributed by atoms with Gasteiger partial charge in [0, 0.05) is 24.7 Å². The van der Waals surface area contributed by atoms with Crippen LogP contribution in [0.1, 0.15) is 24.8 Å². The summed E-state index contributed by atoms with van der Waals surface area (Å²) in [5.74, 6) is -0.776. The van der Waals surface area contributed by atoms with Crippen LogP contribution >= 0.6 is 0 Å². The second kappa shape index (κ2) is 5.38. The summed E-state index contributed by atoms with van der Waals surface area (Å²) in [5.41, 5.74) is 6.02. The number of nitrogens with two attached hydrogens (primary N) is 1. The fourth-order valence-corrected chi connectivity index (χ4v) is 3.96. The van der Waals surface area contributed by atoms with E-state index in [1.807, 2.05) is 6.07 Å². The molecule has 0 unspecified atom stereocenters. The molecule has 2 N–H and O–H groups in total. The Kier molecular flexibility index (Phi) is 3.97. The summed E-state index contributed by atoms with van der Waals surface area (Å²) >= 11 is 0. The van der Waals surface area contributed by atoms with Gasteiger partial charge >= 0.3 is 0 Å². The first-order valence-corrected chi connectivity index (χ1v) is 7.76. The summed E-state index contributed by atoms with van der Waals surface area (Å²) in [5, 5.41) is 8.63. The molecule has 0 radical (unpaired) electrons. The van der Waals surface area contributed by atoms with Gasteiger partial charge in [0.2, 0.25) is 10.0 Å². The van der Waals surface area contributed by atoms with Crippen LogP contribution in [0.15, 0.2) is 17.0 Å². The molecule has 0 saturated heterocycles. The van der Waals surface area contributed by atoms with Crippen LogP contribution in [0.25, 0.3) is 0 Å². The van der Waals surface area contributed by atoms with Gasteiger partial charge in [0.15, 0.2) is 0 Å². The second-order valence-electron chi connectivity index (χ2n) is 4.90. The predicted octanol–water partition coefficient (Wildman–Crippen LogP) is 1.78. The lowest BCUT2D eigenvalue weighted by atomic mass is 10.2. The Morgan fingerprint density at radius 2 is 2.15 bits per heavy atom. The minimum Gasteiger partial charge on any atom is -0.399 e. The first-order valence-electron chi connectivity index (χ1n) is 6.32. The molecule has 1 aromatic rings. The molecule has 0 amide bonds. The molecule has 1 fully saturated rings. The van der Waals surface area contributed by atoms with Gasteiger partial charge in [-0.3, -0.25) is 0 Å². The maximum Gasteiger partial charge on any atom is 0.246 e. The molecule has 7 heteroatoms. The van der Waals surface area contributed by atoms with Gasteiger partial charge < -0.3 is 5.73 Å². The van der Waals surface area contributed by atoms with Crippen molar-refractivity contribution >= 4 is 15.7 Å². The lowest BCUT2D eigenvalue weighted by molar-refractivity contribution is 0.407. The fraction of sp³-hybridized carbons (Fsp3) is 0.462. The first kappa shape index (κ1) is 14.8. The van der Waals surface area contributed by atoms with Crippen LogP contribution in [0.5, 0.6) is 0 Å². The monoisotopic (exact) mass is 297 g/mol. The number of aryl methyl sites for hydroxylation is 1. The van der Waals surface area contributed by atoms with Gasteiger partial charge in [-0.25, -0.2) is 12.8 Å². The Labute approximate surface area is 117 Å². The normalized spacial score (nSPS) is 15.3. The maximum atomic E-state index is 14.1. The molecule has 1 aliphatic rings. The second-order valence-corrected chi connectivity index (χ2v) is 6.76. The number of anilines is 1. The molecule has 0 aromatic heterocycles. The number of nitrogens with zero attached hydrogens (tertiary/aromatic N) is 2. The van der Waals surface area contributed by atoms with Crippen LogP contribution < -0.4 is 5.73 Å². The number of nitrogen functional groups attached to an aromatic ring is 1. The molecule has 108 valence electrons. The Morgan fingerprint density at radius 3 is 2.70 bits per heavy atom. The van der Waals surface area contributed by atoms with Crippen molar-refractivity contribution in [3.63, 3.8) is 0 Å². The third-order valence-electron chi connectivity index (χ3n) is 3.23. The van der Waals surface area contributed by atoms with E-state index in [0.717, 1.165) is 18.9 Å². The highest BCUT2D eigenvalue weighted by Gasteiger charge is 2.39. The van der Waals surface area contributed by atoms with E-state index < -0.39 is 20.7 Å². The molecule has 5 nitrogen and oxygen atoms in total. The van der Waals surface area contributed by atoms with E-state index in [4.69, 9.17) is 11.0 Å². The van der Waals surface area contributed by atoms with Crippen LogP contribution in [-0.4, -0.2) is 25.3 Å². The highest BCUT2D eigenvalue weighted by atomic mass is 32.2.